The molecule has 0 aliphatic heterocycles. The average molecular weight is 237 g/mol. The van der Waals surface area contributed by atoms with Crippen molar-refractivity contribution in [2.24, 2.45) is 5.73 Å². The maximum atomic E-state index is 11.9. The molecule has 0 bridgehead atoms. The van der Waals surface area contributed by atoms with Gasteiger partial charge in [0.25, 0.3) is 0 Å². The van der Waals surface area contributed by atoms with Crippen molar-refractivity contribution in [3.63, 3.8) is 0 Å². The highest BCUT2D eigenvalue weighted by atomic mass is 32.2. The van der Waals surface area contributed by atoms with Crippen LogP contribution in [0, 0.1) is 0 Å². The average Bonchev–Trinajstić information content (AvgIpc) is 2.15. The Morgan fingerprint density at radius 3 is 2.07 bits per heavy atom. The van der Waals surface area contributed by atoms with Crippen molar-refractivity contribution < 1.29 is 8.42 Å². The zero-order valence-corrected chi connectivity index (χ0v) is 10.9. The van der Waals surface area contributed by atoms with Gasteiger partial charge in [-0.05, 0) is 20.5 Å². The minimum absolute atomic E-state index is 0.186. The molecule has 0 rings (SSSR count). The molecule has 92 valence electrons. The number of nitrogens with zero attached hydrogens (tertiary/aromatic N) is 2. The molecule has 0 fully saturated rings. The van der Waals surface area contributed by atoms with Crippen molar-refractivity contribution in [1.29, 1.82) is 0 Å². The Kier molecular flexibility index (Phi) is 6.35. The normalized spacial score (nSPS) is 14.9. The van der Waals surface area contributed by atoms with Crippen molar-refractivity contribution in [2.45, 2.75) is 18.6 Å². The van der Waals surface area contributed by atoms with Crippen molar-refractivity contribution in [3.05, 3.63) is 0 Å². The summed E-state index contributed by atoms with van der Waals surface area (Å²) in [7, 11) is 2.23. The molecule has 1 atom stereocenters. The molecule has 0 radical (unpaired) electrons. The number of hydrogen-bond acceptors (Lipinski definition) is 4. The molecule has 0 aliphatic carbocycles. The lowest BCUT2D eigenvalue weighted by molar-refractivity contribution is 0.356. The van der Waals surface area contributed by atoms with Gasteiger partial charge in [-0.25, -0.2) is 12.7 Å². The predicted molar refractivity (Wildman–Crippen MR) is 63.2 cm³/mol. The summed E-state index contributed by atoms with van der Waals surface area (Å²) in [4.78, 5) is 1.95. The van der Waals surface area contributed by atoms with Gasteiger partial charge in [0.05, 0.1) is 5.25 Å². The number of nitrogens with two attached hydrogens (primary N) is 1. The van der Waals surface area contributed by atoms with Crippen LogP contribution < -0.4 is 5.73 Å². The molecule has 0 amide bonds. The van der Waals surface area contributed by atoms with E-state index in [-0.39, 0.29) is 6.54 Å². The third-order valence-corrected chi connectivity index (χ3v) is 4.86. The largest absolute Gasteiger partial charge is 0.329 e. The third kappa shape index (κ3) is 4.46. The van der Waals surface area contributed by atoms with E-state index in [0.717, 1.165) is 6.54 Å². The van der Waals surface area contributed by atoms with Crippen molar-refractivity contribution in [2.75, 3.05) is 40.8 Å². The van der Waals surface area contributed by atoms with Crippen LogP contribution in [-0.4, -0.2) is 63.7 Å². The van der Waals surface area contributed by atoms with Crippen molar-refractivity contribution in [1.82, 2.24) is 9.21 Å². The molecule has 6 heteroatoms. The monoisotopic (exact) mass is 237 g/mol. The minimum atomic E-state index is -3.22. The van der Waals surface area contributed by atoms with Crippen LogP contribution in [0.4, 0.5) is 0 Å². The molecule has 2 N–H and O–H groups in total. The second kappa shape index (κ2) is 6.42. The standard InChI is InChI=1S/C9H23N3O2S/c1-5-9(8-10)15(13,14)12(4)7-6-11(2)3/h9H,5-8,10H2,1-4H3. The van der Waals surface area contributed by atoms with E-state index in [1.54, 1.807) is 7.05 Å². The highest BCUT2D eigenvalue weighted by Crippen LogP contribution is 2.09. The van der Waals surface area contributed by atoms with E-state index in [2.05, 4.69) is 0 Å². The van der Waals surface area contributed by atoms with Gasteiger partial charge in [-0.1, -0.05) is 6.92 Å². The Bertz CT molecular complexity index is 261. The quantitative estimate of drug-likeness (QED) is 0.651. The van der Waals surface area contributed by atoms with Crippen LogP contribution >= 0.6 is 0 Å². The molecule has 0 saturated carbocycles. The number of rotatable bonds is 7. The summed E-state index contributed by atoms with van der Waals surface area (Å²) < 4.78 is 25.3. The Morgan fingerprint density at radius 1 is 1.20 bits per heavy atom. The number of sulfonamides is 1. The summed E-state index contributed by atoms with van der Waals surface area (Å²) in [6.07, 6.45) is 0.561. The Labute approximate surface area is 93.3 Å². The van der Waals surface area contributed by atoms with E-state index >= 15 is 0 Å². The van der Waals surface area contributed by atoms with E-state index in [1.807, 2.05) is 25.9 Å². The molecule has 0 heterocycles. The maximum absolute atomic E-state index is 11.9. The smallest absolute Gasteiger partial charge is 0.218 e. The van der Waals surface area contributed by atoms with Gasteiger partial charge in [-0.15, -0.1) is 0 Å². The minimum Gasteiger partial charge on any atom is -0.329 e. The highest BCUT2D eigenvalue weighted by Gasteiger charge is 2.26. The fraction of sp³-hybridized carbons (Fsp3) is 1.00. The molecular formula is C9H23N3O2S. The van der Waals surface area contributed by atoms with Gasteiger partial charge in [0, 0.05) is 26.7 Å². The first-order valence-electron chi connectivity index (χ1n) is 5.16. The molecule has 0 aromatic carbocycles. The first-order chi connectivity index (χ1) is 6.86. The Balaban J connectivity index is 4.44. The van der Waals surface area contributed by atoms with Crippen LogP contribution in [0.5, 0.6) is 0 Å². The summed E-state index contributed by atoms with van der Waals surface area (Å²) in [6, 6.07) is 0. The van der Waals surface area contributed by atoms with Crippen LogP contribution in [0.15, 0.2) is 0 Å². The van der Waals surface area contributed by atoms with Crippen LogP contribution in [-0.2, 0) is 10.0 Å². The Hall–Kier alpha value is -0.170. The SMILES string of the molecule is CCC(CN)S(=O)(=O)N(C)CCN(C)C. The highest BCUT2D eigenvalue weighted by molar-refractivity contribution is 7.89. The Morgan fingerprint density at radius 2 is 1.73 bits per heavy atom. The summed E-state index contributed by atoms with van der Waals surface area (Å²) in [5.41, 5.74) is 5.45. The first-order valence-corrected chi connectivity index (χ1v) is 6.66. The van der Waals surface area contributed by atoms with Crippen molar-refractivity contribution >= 4 is 10.0 Å². The maximum Gasteiger partial charge on any atom is 0.218 e. The molecular weight excluding hydrogens is 214 g/mol. The van der Waals surface area contributed by atoms with Crippen LogP contribution in [0.25, 0.3) is 0 Å². The second-order valence-corrected chi connectivity index (χ2v) is 6.26. The molecule has 0 spiro atoms. The first kappa shape index (κ1) is 14.8. The fourth-order valence-electron chi connectivity index (χ4n) is 1.22. The van der Waals surface area contributed by atoms with Gasteiger partial charge in [0.1, 0.15) is 0 Å². The number of hydrogen-bond donors (Lipinski definition) is 1. The zero-order chi connectivity index (χ0) is 12.1. The van der Waals surface area contributed by atoms with Gasteiger partial charge in [-0.3, -0.25) is 0 Å². The van der Waals surface area contributed by atoms with Gasteiger partial charge in [0.2, 0.25) is 10.0 Å². The van der Waals surface area contributed by atoms with Crippen molar-refractivity contribution in [3.8, 4) is 0 Å². The molecule has 0 aromatic rings. The van der Waals surface area contributed by atoms with Crippen LogP contribution in [0.3, 0.4) is 0 Å². The summed E-state index contributed by atoms with van der Waals surface area (Å²) >= 11 is 0. The van der Waals surface area contributed by atoms with E-state index in [9.17, 15) is 8.42 Å². The molecule has 15 heavy (non-hydrogen) atoms. The summed E-state index contributed by atoms with van der Waals surface area (Å²) in [5.74, 6) is 0. The fourth-order valence-corrected chi connectivity index (χ4v) is 2.73. The molecule has 0 saturated heterocycles. The zero-order valence-electron chi connectivity index (χ0n) is 10.1. The number of likely N-dealkylation sites (N-methyl/N-ethyl adjacent to an activating group) is 2. The van der Waals surface area contributed by atoms with Crippen LogP contribution in [0.2, 0.25) is 0 Å². The lowest BCUT2D eigenvalue weighted by atomic mass is 10.3. The molecule has 0 aromatic heterocycles. The predicted octanol–water partition coefficient (Wildman–Crippen LogP) is -0.453. The second-order valence-electron chi connectivity index (χ2n) is 3.94. The van der Waals surface area contributed by atoms with E-state index < -0.39 is 15.3 Å². The van der Waals surface area contributed by atoms with E-state index in [0.29, 0.717) is 13.0 Å². The van der Waals surface area contributed by atoms with Crippen LogP contribution in [0.1, 0.15) is 13.3 Å². The topological polar surface area (TPSA) is 66.6 Å². The van der Waals surface area contributed by atoms with E-state index in [1.165, 1.54) is 4.31 Å². The van der Waals surface area contributed by atoms with Gasteiger partial charge in [-0.2, -0.15) is 0 Å². The lowest BCUT2D eigenvalue weighted by Gasteiger charge is -2.23. The van der Waals surface area contributed by atoms with E-state index in [4.69, 9.17) is 5.73 Å². The summed E-state index contributed by atoms with van der Waals surface area (Å²) in [5, 5.41) is -0.454. The van der Waals surface area contributed by atoms with Gasteiger partial charge >= 0.3 is 0 Å². The summed E-state index contributed by atoms with van der Waals surface area (Å²) in [6.45, 7) is 3.25. The lowest BCUT2D eigenvalue weighted by Crippen LogP contribution is -2.42. The van der Waals surface area contributed by atoms with Gasteiger partial charge < -0.3 is 10.6 Å². The molecule has 5 nitrogen and oxygen atoms in total. The third-order valence-electron chi connectivity index (χ3n) is 2.44. The van der Waals surface area contributed by atoms with Gasteiger partial charge in [0.15, 0.2) is 0 Å². The molecule has 0 aliphatic rings. The molecule has 1 unspecified atom stereocenters.